The average molecular weight is 428 g/mol. The van der Waals surface area contributed by atoms with E-state index >= 15 is 0 Å². The molecule has 2 aromatic carbocycles. The summed E-state index contributed by atoms with van der Waals surface area (Å²) in [6.07, 6.45) is 1.59. The van der Waals surface area contributed by atoms with E-state index in [2.05, 4.69) is 0 Å². The number of aliphatic hydroxyl groups excluding tert-OH is 1. The van der Waals surface area contributed by atoms with Crippen LogP contribution in [-0.4, -0.2) is 48.1 Å². The maximum Gasteiger partial charge on any atom is 0.295 e. The van der Waals surface area contributed by atoms with Gasteiger partial charge in [-0.1, -0.05) is 29.8 Å². The molecule has 6 nitrogen and oxygen atoms in total. The van der Waals surface area contributed by atoms with Gasteiger partial charge < -0.3 is 19.5 Å². The summed E-state index contributed by atoms with van der Waals surface area (Å²) in [6.45, 7) is 0.906. The number of carbonyl (C=O) groups is 2. The molecule has 2 saturated heterocycles. The normalized spacial score (nSPS) is 23.2. The van der Waals surface area contributed by atoms with E-state index in [4.69, 9.17) is 21.1 Å². The number of halogens is 1. The average Bonchev–Trinajstić information content (AvgIpc) is 3.36. The molecule has 0 bridgehead atoms. The van der Waals surface area contributed by atoms with Gasteiger partial charge in [0, 0.05) is 29.3 Å². The van der Waals surface area contributed by atoms with Crippen molar-refractivity contribution in [2.45, 2.75) is 25.0 Å². The molecule has 0 saturated carbocycles. The Morgan fingerprint density at radius 3 is 2.60 bits per heavy atom. The van der Waals surface area contributed by atoms with E-state index in [1.807, 2.05) is 12.1 Å². The number of rotatable bonds is 5. The molecule has 2 aliphatic rings. The highest BCUT2D eigenvalue weighted by Crippen LogP contribution is 2.43. The topological polar surface area (TPSA) is 76.1 Å². The molecule has 0 aromatic heterocycles. The molecule has 30 heavy (non-hydrogen) atoms. The van der Waals surface area contributed by atoms with E-state index < -0.39 is 17.7 Å². The van der Waals surface area contributed by atoms with Crippen molar-refractivity contribution in [2.24, 2.45) is 0 Å². The van der Waals surface area contributed by atoms with E-state index in [0.29, 0.717) is 28.5 Å². The van der Waals surface area contributed by atoms with Crippen LogP contribution in [0.4, 0.5) is 0 Å². The number of nitrogens with zero attached hydrogens (tertiary/aromatic N) is 1. The highest BCUT2D eigenvalue weighted by atomic mass is 35.5. The first-order valence-corrected chi connectivity index (χ1v) is 10.2. The van der Waals surface area contributed by atoms with Crippen molar-refractivity contribution in [1.82, 2.24) is 4.90 Å². The molecule has 2 aliphatic heterocycles. The summed E-state index contributed by atoms with van der Waals surface area (Å²) in [5.41, 5.74) is 1.08. The molecule has 1 N–H and O–H groups in total. The second-order valence-electron chi connectivity index (χ2n) is 7.34. The minimum absolute atomic E-state index is 0.0322. The van der Waals surface area contributed by atoms with Crippen molar-refractivity contribution < 1.29 is 24.2 Å². The number of ether oxygens (including phenoxy) is 2. The van der Waals surface area contributed by atoms with Crippen molar-refractivity contribution in [1.29, 1.82) is 0 Å². The minimum atomic E-state index is -0.777. The molecule has 156 valence electrons. The Morgan fingerprint density at radius 1 is 1.20 bits per heavy atom. The number of ketones is 1. The van der Waals surface area contributed by atoms with Crippen LogP contribution >= 0.6 is 11.6 Å². The lowest BCUT2D eigenvalue weighted by molar-refractivity contribution is -0.140. The van der Waals surface area contributed by atoms with Crippen LogP contribution in [0.3, 0.4) is 0 Å². The number of amides is 1. The van der Waals surface area contributed by atoms with Crippen LogP contribution in [0.2, 0.25) is 5.02 Å². The number of Topliss-reactive ketones (excluding diaryl/α,β-unsaturated/α-hetero) is 1. The quantitative estimate of drug-likeness (QED) is 0.444. The number of para-hydroxylation sites is 1. The Kier molecular flexibility index (Phi) is 5.79. The van der Waals surface area contributed by atoms with Crippen LogP contribution in [0.15, 0.2) is 54.1 Å². The first-order valence-electron chi connectivity index (χ1n) is 9.80. The smallest absolute Gasteiger partial charge is 0.295 e. The van der Waals surface area contributed by atoms with Crippen LogP contribution in [0, 0.1) is 0 Å². The van der Waals surface area contributed by atoms with Gasteiger partial charge in [-0.25, -0.2) is 0 Å². The lowest BCUT2D eigenvalue weighted by atomic mass is 9.94. The van der Waals surface area contributed by atoms with Crippen LogP contribution in [0.5, 0.6) is 5.75 Å². The lowest BCUT2D eigenvalue weighted by Gasteiger charge is -2.28. The van der Waals surface area contributed by atoms with E-state index in [9.17, 15) is 14.7 Å². The molecule has 2 aromatic rings. The summed E-state index contributed by atoms with van der Waals surface area (Å²) in [7, 11) is 1.53. The number of benzene rings is 2. The molecule has 1 amide bonds. The van der Waals surface area contributed by atoms with E-state index in [-0.39, 0.29) is 24.0 Å². The Bertz CT molecular complexity index is 995. The lowest BCUT2D eigenvalue weighted by Crippen LogP contribution is -2.36. The van der Waals surface area contributed by atoms with Crippen molar-refractivity contribution in [3.05, 3.63) is 70.3 Å². The zero-order valence-electron chi connectivity index (χ0n) is 16.5. The predicted molar refractivity (Wildman–Crippen MR) is 112 cm³/mol. The molecule has 7 heteroatoms. The maximum absolute atomic E-state index is 13.0. The van der Waals surface area contributed by atoms with E-state index in [1.165, 1.54) is 12.0 Å². The van der Waals surface area contributed by atoms with Crippen molar-refractivity contribution in [3.8, 4) is 5.75 Å². The minimum Gasteiger partial charge on any atom is -0.507 e. The highest BCUT2D eigenvalue weighted by molar-refractivity contribution is 6.46. The predicted octanol–water partition coefficient (Wildman–Crippen LogP) is 3.95. The number of hydrogen-bond acceptors (Lipinski definition) is 5. The van der Waals surface area contributed by atoms with Crippen LogP contribution in [0.25, 0.3) is 5.76 Å². The summed E-state index contributed by atoms with van der Waals surface area (Å²) >= 11 is 5.95. The summed E-state index contributed by atoms with van der Waals surface area (Å²) in [5, 5.41) is 11.5. The second kappa shape index (κ2) is 8.50. The maximum atomic E-state index is 13.0. The Hall–Kier alpha value is -2.83. The molecule has 0 unspecified atom stereocenters. The standard InChI is InChI=1S/C23H22ClNO5/c1-29-18-7-3-2-6-17(18)20-19(21(26)14-8-10-15(24)11-9-14)22(27)23(28)25(20)13-16-5-4-12-30-16/h2-3,6-11,16,20,26H,4-5,12-13H2,1H3/t16-,20-/m1/s1. The molecular formula is C23H22ClNO5. The summed E-state index contributed by atoms with van der Waals surface area (Å²) < 4.78 is 11.2. The van der Waals surface area contributed by atoms with Gasteiger partial charge in [-0.3, -0.25) is 9.59 Å². The molecule has 2 heterocycles. The zero-order valence-corrected chi connectivity index (χ0v) is 17.3. The summed E-state index contributed by atoms with van der Waals surface area (Å²) in [5.74, 6) is -1.09. The van der Waals surface area contributed by atoms with Gasteiger partial charge in [0.05, 0.1) is 24.8 Å². The molecule has 0 spiro atoms. The number of methoxy groups -OCH3 is 1. The Labute approximate surface area is 179 Å². The first-order chi connectivity index (χ1) is 14.5. The molecule has 4 rings (SSSR count). The largest absolute Gasteiger partial charge is 0.507 e. The summed E-state index contributed by atoms with van der Waals surface area (Å²) in [6, 6.07) is 12.9. The monoisotopic (exact) mass is 427 g/mol. The van der Waals surface area contributed by atoms with Crippen molar-refractivity contribution in [3.63, 3.8) is 0 Å². The third kappa shape index (κ3) is 3.68. The highest BCUT2D eigenvalue weighted by Gasteiger charge is 2.47. The van der Waals surface area contributed by atoms with Crippen LogP contribution in [0.1, 0.15) is 30.0 Å². The SMILES string of the molecule is COc1ccccc1[C@@H]1C(=C(O)c2ccc(Cl)cc2)C(=O)C(=O)N1C[C@H]1CCCO1. The van der Waals surface area contributed by atoms with Gasteiger partial charge in [0.15, 0.2) is 0 Å². The van der Waals surface area contributed by atoms with Gasteiger partial charge in [-0.15, -0.1) is 0 Å². The number of hydrogen-bond donors (Lipinski definition) is 1. The number of carbonyl (C=O) groups excluding carboxylic acids is 2. The third-order valence-electron chi connectivity index (χ3n) is 5.52. The van der Waals surface area contributed by atoms with Gasteiger partial charge in [0.25, 0.3) is 11.7 Å². The fourth-order valence-electron chi connectivity index (χ4n) is 4.05. The van der Waals surface area contributed by atoms with Crippen molar-refractivity contribution in [2.75, 3.05) is 20.3 Å². The van der Waals surface area contributed by atoms with Gasteiger partial charge in [-0.2, -0.15) is 0 Å². The van der Waals surface area contributed by atoms with Crippen LogP contribution < -0.4 is 4.74 Å². The van der Waals surface area contributed by atoms with Crippen LogP contribution in [-0.2, 0) is 14.3 Å². The Morgan fingerprint density at radius 2 is 1.93 bits per heavy atom. The van der Waals surface area contributed by atoms with Gasteiger partial charge in [-0.05, 0) is 43.2 Å². The molecule has 2 fully saturated rings. The van der Waals surface area contributed by atoms with Gasteiger partial charge in [0.2, 0.25) is 0 Å². The fourth-order valence-corrected chi connectivity index (χ4v) is 4.18. The first kappa shape index (κ1) is 20.4. The molecule has 0 radical (unpaired) electrons. The number of likely N-dealkylation sites (tertiary alicyclic amines) is 1. The van der Waals surface area contributed by atoms with Gasteiger partial charge in [0.1, 0.15) is 11.5 Å². The van der Waals surface area contributed by atoms with E-state index in [0.717, 1.165) is 12.8 Å². The fraction of sp³-hybridized carbons (Fsp3) is 0.304. The number of aliphatic hydroxyl groups is 1. The molecule has 0 aliphatic carbocycles. The van der Waals surface area contributed by atoms with Crippen molar-refractivity contribution >= 4 is 29.1 Å². The van der Waals surface area contributed by atoms with E-state index in [1.54, 1.807) is 36.4 Å². The van der Waals surface area contributed by atoms with Gasteiger partial charge >= 0.3 is 0 Å². The molecule has 2 atom stereocenters. The Balaban J connectivity index is 1.86. The third-order valence-corrected chi connectivity index (χ3v) is 5.77. The molecular weight excluding hydrogens is 406 g/mol. The summed E-state index contributed by atoms with van der Waals surface area (Å²) in [4.78, 5) is 27.5. The second-order valence-corrected chi connectivity index (χ2v) is 7.77. The zero-order chi connectivity index (χ0) is 21.3.